The van der Waals surface area contributed by atoms with Crippen molar-refractivity contribution in [2.75, 3.05) is 6.67 Å². The van der Waals surface area contributed by atoms with Crippen molar-refractivity contribution in [3.63, 3.8) is 0 Å². The third-order valence-corrected chi connectivity index (χ3v) is 3.53. The van der Waals surface area contributed by atoms with Crippen LogP contribution in [0.4, 0.5) is 0 Å². The Labute approximate surface area is 113 Å². The van der Waals surface area contributed by atoms with Gasteiger partial charge in [0.2, 0.25) is 5.96 Å². The highest BCUT2D eigenvalue weighted by Gasteiger charge is 2.17. The molecule has 1 aliphatic carbocycles. The van der Waals surface area contributed by atoms with Gasteiger partial charge in [-0.2, -0.15) is 0 Å². The molecular formula is C14H19N5. The summed E-state index contributed by atoms with van der Waals surface area (Å²) in [6, 6.07) is 6.51. The van der Waals surface area contributed by atoms with E-state index >= 15 is 0 Å². The summed E-state index contributed by atoms with van der Waals surface area (Å²) in [5, 5.41) is 3.41. The van der Waals surface area contributed by atoms with Gasteiger partial charge in [-0.25, -0.2) is 9.98 Å². The summed E-state index contributed by atoms with van der Waals surface area (Å²) in [6.45, 7) is 1.40. The second-order valence-corrected chi connectivity index (χ2v) is 5.06. The maximum absolute atomic E-state index is 4.48. The van der Waals surface area contributed by atoms with Gasteiger partial charge in [-0.3, -0.25) is 4.98 Å². The molecule has 2 aliphatic rings. The van der Waals surface area contributed by atoms with Crippen molar-refractivity contribution in [1.29, 1.82) is 0 Å². The molecule has 1 aromatic rings. The van der Waals surface area contributed by atoms with Crippen LogP contribution in [0.25, 0.3) is 0 Å². The van der Waals surface area contributed by atoms with Gasteiger partial charge in [0, 0.05) is 12.2 Å². The molecule has 0 radical (unpaired) electrons. The van der Waals surface area contributed by atoms with Gasteiger partial charge in [0.25, 0.3) is 0 Å². The maximum atomic E-state index is 4.48. The molecule has 19 heavy (non-hydrogen) atoms. The zero-order valence-electron chi connectivity index (χ0n) is 11.0. The number of guanidine groups is 1. The summed E-state index contributed by atoms with van der Waals surface area (Å²) in [5.41, 5.74) is 1.04. The van der Waals surface area contributed by atoms with E-state index in [1.807, 2.05) is 30.7 Å². The molecule has 0 bridgehead atoms. The van der Waals surface area contributed by atoms with Crippen LogP contribution in [-0.2, 0) is 6.54 Å². The van der Waals surface area contributed by atoms with Gasteiger partial charge in [0.1, 0.15) is 6.67 Å². The first-order valence-electron chi connectivity index (χ1n) is 6.89. The van der Waals surface area contributed by atoms with Crippen molar-refractivity contribution >= 4 is 12.3 Å². The lowest BCUT2D eigenvalue weighted by molar-refractivity contribution is 0.426. The molecule has 0 saturated heterocycles. The molecular weight excluding hydrogens is 238 g/mol. The van der Waals surface area contributed by atoms with Crippen LogP contribution in [0.2, 0.25) is 0 Å². The third kappa shape index (κ3) is 3.30. The molecule has 1 aliphatic heterocycles. The number of aliphatic imine (C=N–C) groups is 2. The fourth-order valence-corrected chi connectivity index (χ4v) is 2.50. The average molecular weight is 257 g/mol. The quantitative estimate of drug-likeness (QED) is 0.898. The van der Waals surface area contributed by atoms with E-state index in [0.717, 1.165) is 18.2 Å². The Balaban J connectivity index is 1.51. The van der Waals surface area contributed by atoms with E-state index in [4.69, 9.17) is 0 Å². The molecule has 0 aromatic carbocycles. The normalized spacial score (nSPS) is 19.6. The Kier molecular flexibility index (Phi) is 3.72. The lowest BCUT2D eigenvalue weighted by Crippen LogP contribution is -2.36. The molecule has 1 N–H and O–H groups in total. The molecule has 1 saturated carbocycles. The predicted molar refractivity (Wildman–Crippen MR) is 76.0 cm³/mol. The van der Waals surface area contributed by atoms with Crippen molar-refractivity contribution in [3.8, 4) is 0 Å². The van der Waals surface area contributed by atoms with Gasteiger partial charge in [-0.1, -0.05) is 18.9 Å². The Morgan fingerprint density at radius 1 is 1.26 bits per heavy atom. The number of nitrogens with zero attached hydrogens (tertiary/aromatic N) is 4. The van der Waals surface area contributed by atoms with Crippen LogP contribution in [-0.4, -0.2) is 34.9 Å². The predicted octanol–water partition coefficient (Wildman–Crippen LogP) is 1.77. The minimum absolute atomic E-state index is 0.568. The first-order valence-corrected chi connectivity index (χ1v) is 6.89. The molecule has 1 fully saturated rings. The van der Waals surface area contributed by atoms with Crippen molar-refractivity contribution in [3.05, 3.63) is 30.1 Å². The summed E-state index contributed by atoms with van der Waals surface area (Å²) >= 11 is 0. The number of rotatable bonds is 3. The number of aromatic nitrogens is 1. The molecule has 5 heteroatoms. The summed E-state index contributed by atoms with van der Waals surface area (Å²) in [6.07, 6.45) is 8.80. The van der Waals surface area contributed by atoms with Crippen LogP contribution in [0, 0.1) is 0 Å². The van der Waals surface area contributed by atoms with Gasteiger partial charge in [-0.15, -0.1) is 0 Å². The fourth-order valence-electron chi connectivity index (χ4n) is 2.50. The third-order valence-electron chi connectivity index (χ3n) is 3.53. The number of nitrogens with one attached hydrogen (secondary N) is 1. The minimum Gasteiger partial charge on any atom is -0.352 e. The summed E-state index contributed by atoms with van der Waals surface area (Å²) < 4.78 is 0. The van der Waals surface area contributed by atoms with Crippen LogP contribution in [0.3, 0.4) is 0 Å². The van der Waals surface area contributed by atoms with E-state index in [2.05, 4.69) is 25.2 Å². The van der Waals surface area contributed by atoms with Gasteiger partial charge >= 0.3 is 0 Å². The van der Waals surface area contributed by atoms with Gasteiger partial charge in [0.15, 0.2) is 0 Å². The fraction of sp³-hybridized carbons (Fsp3) is 0.500. The Morgan fingerprint density at radius 2 is 2.16 bits per heavy atom. The zero-order valence-corrected chi connectivity index (χ0v) is 11.0. The number of hydrogen-bond donors (Lipinski definition) is 1. The van der Waals surface area contributed by atoms with Crippen LogP contribution >= 0.6 is 0 Å². The molecule has 0 atom stereocenters. The number of hydrogen-bond acceptors (Lipinski definition) is 5. The van der Waals surface area contributed by atoms with E-state index < -0.39 is 0 Å². The molecule has 0 amide bonds. The van der Waals surface area contributed by atoms with Crippen molar-refractivity contribution in [2.45, 2.75) is 38.3 Å². The van der Waals surface area contributed by atoms with Crippen LogP contribution in [0.5, 0.6) is 0 Å². The summed E-state index contributed by atoms with van der Waals surface area (Å²) in [7, 11) is 0. The molecule has 2 heterocycles. The largest absolute Gasteiger partial charge is 0.352 e. The van der Waals surface area contributed by atoms with Crippen LogP contribution in [0.1, 0.15) is 31.4 Å². The minimum atomic E-state index is 0.568. The van der Waals surface area contributed by atoms with Gasteiger partial charge in [0.05, 0.1) is 18.6 Å². The van der Waals surface area contributed by atoms with Crippen LogP contribution < -0.4 is 5.32 Å². The van der Waals surface area contributed by atoms with E-state index in [1.54, 1.807) is 0 Å². The molecule has 1 aromatic heterocycles. The lowest BCUT2D eigenvalue weighted by Gasteiger charge is -2.22. The molecule has 3 rings (SSSR count). The monoisotopic (exact) mass is 257 g/mol. The highest BCUT2D eigenvalue weighted by molar-refractivity contribution is 5.88. The van der Waals surface area contributed by atoms with E-state index in [9.17, 15) is 0 Å². The Bertz CT molecular complexity index is 462. The molecule has 0 spiro atoms. The molecule has 5 nitrogen and oxygen atoms in total. The zero-order chi connectivity index (χ0) is 12.9. The molecule has 100 valence electrons. The van der Waals surface area contributed by atoms with Crippen molar-refractivity contribution in [1.82, 2.24) is 15.2 Å². The van der Waals surface area contributed by atoms with Crippen molar-refractivity contribution in [2.24, 2.45) is 9.98 Å². The van der Waals surface area contributed by atoms with E-state index in [-0.39, 0.29) is 0 Å². The van der Waals surface area contributed by atoms with Crippen LogP contribution in [0.15, 0.2) is 34.4 Å². The van der Waals surface area contributed by atoms with E-state index in [1.165, 1.54) is 25.7 Å². The van der Waals surface area contributed by atoms with Gasteiger partial charge < -0.3 is 10.2 Å². The number of pyridine rings is 1. The average Bonchev–Trinajstić information content (AvgIpc) is 2.95. The topological polar surface area (TPSA) is 52.9 Å². The lowest BCUT2D eigenvalue weighted by atomic mass is 10.2. The first-order chi connectivity index (χ1) is 9.40. The smallest absolute Gasteiger partial charge is 0.221 e. The Morgan fingerprint density at radius 3 is 2.84 bits per heavy atom. The second-order valence-electron chi connectivity index (χ2n) is 5.06. The highest BCUT2D eigenvalue weighted by atomic mass is 15.3. The van der Waals surface area contributed by atoms with Gasteiger partial charge in [-0.05, 0) is 25.0 Å². The highest BCUT2D eigenvalue weighted by Crippen LogP contribution is 2.17. The maximum Gasteiger partial charge on any atom is 0.221 e. The SMILES string of the molecule is C1=NC(NC2CCCC2)=NCN1Cc1ccccn1. The van der Waals surface area contributed by atoms with E-state index in [0.29, 0.717) is 12.7 Å². The Hall–Kier alpha value is -1.91. The first kappa shape index (κ1) is 12.1. The molecule has 0 unspecified atom stereocenters. The summed E-state index contributed by atoms with van der Waals surface area (Å²) in [4.78, 5) is 15.2. The second kappa shape index (κ2) is 5.82. The standard InChI is InChI=1S/C14H19N5/c1-2-6-12(5-1)18-14-16-10-19(11-17-14)9-13-7-3-4-8-15-13/h3-4,7-8,10,12H,1-2,5-6,9,11H2,(H,17,18). The van der Waals surface area contributed by atoms with Crippen molar-refractivity contribution < 1.29 is 0 Å². The summed E-state index contributed by atoms with van der Waals surface area (Å²) in [5.74, 6) is 0.782.